The third-order valence-corrected chi connectivity index (χ3v) is 5.51. The molecule has 4 heteroatoms. The standard InChI is InChI=1S/C19H23NO3/c1-2-14(15-6-4-3-5-7-15)12-17(21)20-10-8-19(9-11-20)13-16(19)18(22)23/h2-7,14,16H,1,8-13H2,(H,22,23). The first-order valence-corrected chi connectivity index (χ1v) is 8.24. The summed E-state index contributed by atoms with van der Waals surface area (Å²) in [6.45, 7) is 5.23. The molecule has 1 N–H and O–H groups in total. The van der Waals surface area contributed by atoms with Crippen LogP contribution in [-0.4, -0.2) is 35.0 Å². The highest BCUT2D eigenvalue weighted by atomic mass is 16.4. The molecule has 1 spiro atoms. The summed E-state index contributed by atoms with van der Waals surface area (Å²) in [5, 5.41) is 9.13. The zero-order valence-electron chi connectivity index (χ0n) is 13.3. The first kappa shape index (κ1) is 15.8. The summed E-state index contributed by atoms with van der Waals surface area (Å²) in [7, 11) is 0. The number of carboxylic acid groups (broad SMARTS) is 1. The largest absolute Gasteiger partial charge is 0.481 e. The van der Waals surface area contributed by atoms with Crippen molar-refractivity contribution in [1.82, 2.24) is 4.90 Å². The number of aliphatic carboxylic acids is 1. The molecule has 122 valence electrons. The molecule has 23 heavy (non-hydrogen) atoms. The number of carboxylic acids is 1. The van der Waals surface area contributed by atoms with Crippen LogP contribution in [0.25, 0.3) is 0 Å². The van der Waals surface area contributed by atoms with Crippen molar-refractivity contribution in [3.63, 3.8) is 0 Å². The van der Waals surface area contributed by atoms with Crippen molar-refractivity contribution in [3.05, 3.63) is 48.6 Å². The van der Waals surface area contributed by atoms with Crippen molar-refractivity contribution >= 4 is 11.9 Å². The van der Waals surface area contributed by atoms with Crippen LogP contribution in [-0.2, 0) is 9.59 Å². The highest BCUT2D eigenvalue weighted by Crippen LogP contribution is 2.59. The third-order valence-electron chi connectivity index (χ3n) is 5.51. The van der Waals surface area contributed by atoms with E-state index in [-0.39, 0.29) is 23.2 Å². The number of likely N-dealkylation sites (tertiary alicyclic amines) is 1. The van der Waals surface area contributed by atoms with Crippen molar-refractivity contribution in [1.29, 1.82) is 0 Å². The molecule has 3 rings (SSSR count). The molecule has 0 radical (unpaired) electrons. The zero-order chi connectivity index (χ0) is 16.4. The van der Waals surface area contributed by atoms with E-state index in [4.69, 9.17) is 5.11 Å². The Balaban J connectivity index is 1.56. The van der Waals surface area contributed by atoms with Gasteiger partial charge >= 0.3 is 5.97 Å². The van der Waals surface area contributed by atoms with Crippen LogP contribution in [0.5, 0.6) is 0 Å². The van der Waals surface area contributed by atoms with E-state index < -0.39 is 5.97 Å². The number of carbonyl (C=O) groups excluding carboxylic acids is 1. The maximum Gasteiger partial charge on any atom is 0.307 e. The highest BCUT2D eigenvalue weighted by molar-refractivity contribution is 5.78. The summed E-state index contributed by atoms with van der Waals surface area (Å²) in [6.07, 6.45) is 4.69. The van der Waals surface area contributed by atoms with E-state index in [1.54, 1.807) is 0 Å². The topological polar surface area (TPSA) is 57.6 Å². The van der Waals surface area contributed by atoms with Crippen LogP contribution in [0.3, 0.4) is 0 Å². The maximum atomic E-state index is 12.5. The van der Waals surface area contributed by atoms with Gasteiger partial charge in [-0.25, -0.2) is 0 Å². The number of amides is 1. The Morgan fingerprint density at radius 2 is 1.96 bits per heavy atom. The van der Waals surface area contributed by atoms with Gasteiger partial charge in [0.05, 0.1) is 5.92 Å². The number of carbonyl (C=O) groups is 2. The average Bonchev–Trinajstić information content (AvgIpc) is 3.28. The molecule has 4 nitrogen and oxygen atoms in total. The number of piperidine rings is 1. The van der Waals surface area contributed by atoms with Crippen molar-refractivity contribution in [2.24, 2.45) is 11.3 Å². The van der Waals surface area contributed by atoms with Crippen LogP contribution in [0.2, 0.25) is 0 Å². The average molecular weight is 313 g/mol. The molecule has 1 saturated heterocycles. The fourth-order valence-electron chi connectivity index (χ4n) is 3.81. The number of rotatable bonds is 5. The molecule has 0 bridgehead atoms. The van der Waals surface area contributed by atoms with E-state index in [9.17, 15) is 9.59 Å². The summed E-state index contributed by atoms with van der Waals surface area (Å²) in [5.41, 5.74) is 1.08. The second kappa shape index (κ2) is 6.19. The number of benzene rings is 1. The Hall–Kier alpha value is -2.10. The van der Waals surface area contributed by atoms with Crippen LogP contribution >= 0.6 is 0 Å². The SMILES string of the molecule is C=CC(CC(=O)N1CCC2(CC1)CC2C(=O)O)c1ccccc1. The minimum Gasteiger partial charge on any atom is -0.481 e. The van der Waals surface area contributed by atoms with Gasteiger partial charge in [-0.3, -0.25) is 9.59 Å². The molecule has 1 amide bonds. The van der Waals surface area contributed by atoms with Gasteiger partial charge in [0.25, 0.3) is 0 Å². The lowest BCUT2D eigenvalue weighted by molar-refractivity contribution is -0.139. The normalized spacial score (nSPS) is 23.3. The van der Waals surface area contributed by atoms with Gasteiger partial charge in [-0.1, -0.05) is 36.4 Å². The molecule has 1 aromatic carbocycles. The predicted octanol–water partition coefficient (Wildman–Crippen LogP) is 3.06. The van der Waals surface area contributed by atoms with Gasteiger partial charge in [-0.2, -0.15) is 0 Å². The van der Waals surface area contributed by atoms with Crippen molar-refractivity contribution in [2.45, 2.75) is 31.6 Å². The van der Waals surface area contributed by atoms with E-state index in [0.29, 0.717) is 19.5 Å². The molecule has 0 aromatic heterocycles. The summed E-state index contributed by atoms with van der Waals surface area (Å²) in [5.74, 6) is -0.695. The Labute approximate surface area is 136 Å². The van der Waals surface area contributed by atoms with Crippen molar-refractivity contribution in [2.75, 3.05) is 13.1 Å². The quantitative estimate of drug-likeness (QED) is 0.850. The molecule has 1 saturated carbocycles. The summed E-state index contributed by atoms with van der Waals surface area (Å²) in [6, 6.07) is 9.95. The fourth-order valence-corrected chi connectivity index (χ4v) is 3.81. The van der Waals surface area contributed by atoms with E-state index in [1.807, 2.05) is 41.3 Å². The first-order valence-electron chi connectivity index (χ1n) is 8.24. The lowest BCUT2D eigenvalue weighted by atomic mass is 9.89. The van der Waals surface area contributed by atoms with Crippen molar-refractivity contribution < 1.29 is 14.7 Å². The van der Waals surface area contributed by atoms with E-state index in [1.165, 1.54) is 0 Å². The number of allylic oxidation sites excluding steroid dienone is 1. The second-order valence-corrected chi connectivity index (χ2v) is 6.80. The zero-order valence-corrected chi connectivity index (χ0v) is 13.3. The van der Waals surface area contributed by atoms with E-state index >= 15 is 0 Å². The molecular formula is C19H23NO3. The highest BCUT2D eigenvalue weighted by Gasteiger charge is 2.59. The Kier molecular flexibility index (Phi) is 4.24. The lowest BCUT2D eigenvalue weighted by Crippen LogP contribution is -2.40. The minimum absolute atomic E-state index is 0.0279. The molecule has 1 aromatic rings. The van der Waals surface area contributed by atoms with Crippen LogP contribution in [0, 0.1) is 11.3 Å². The van der Waals surface area contributed by atoms with Gasteiger partial charge < -0.3 is 10.0 Å². The molecule has 1 heterocycles. The monoisotopic (exact) mass is 313 g/mol. The second-order valence-electron chi connectivity index (χ2n) is 6.80. The molecule has 2 aliphatic rings. The van der Waals surface area contributed by atoms with Crippen LogP contribution in [0.15, 0.2) is 43.0 Å². The first-order chi connectivity index (χ1) is 11.1. The van der Waals surface area contributed by atoms with Gasteiger partial charge in [-0.15, -0.1) is 6.58 Å². The van der Waals surface area contributed by atoms with Crippen molar-refractivity contribution in [3.8, 4) is 0 Å². The van der Waals surface area contributed by atoms with Gasteiger partial charge in [0.15, 0.2) is 0 Å². The third kappa shape index (κ3) is 3.16. The predicted molar refractivity (Wildman–Crippen MR) is 88.0 cm³/mol. The summed E-state index contributed by atoms with van der Waals surface area (Å²) in [4.78, 5) is 25.5. The van der Waals surface area contributed by atoms with Crippen LogP contribution in [0.4, 0.5) is 0 Å². The molecule has 1 aliphatic carbocycles. The fraction of sp³-hybridized carbons (Fsp3) is 0.474. The van der Waals surface area contributed by atoms with Gasteiger partial charge in [0.1, 0.15) is 0 Å². The minimum atomic E-state index is -0.680. The van der Waals surface area contributed by atoms with E-state index in [2.05, 4.69) is 6.58 Å². The number of nitrogens with zero attached hydrogens (tertiary/aromatic N) is 1. The smallest absolute Gasteiger partial charge is 0.307 e. The van der Waals surface area contributed by atoms with Gasteiger partial charge in [-0.05, 0) is 30.2 Å². The molecular weight excluding hydrogens is 290 g/mol. The van der Waals surface area contributed by atoms with Gasteiger partial charge in [0.2, 0.25) is 5.91 Å². The molecule has 2 fully saturated rings. The molecule has 1 aliphatic heterocycles. The lowest BCUT2D eigenvalue weighted by Gasteiger charge is -2.33. The van der Waals surface area contributed by atoms with Gasteiger partial charge in [0, 0.05) is 25.4 Å². The molecule has 2 atom stereocenters. The Morgan fingerprint density at radius 3 is 2.48 bits per heavy atom. The number of hydrogen-bond donors (Lipinski definition) is 1. The number of hydrogen-bond acceptors (Lipinski definition) is 2. The van der Waals surface area contributed by atoms with Crippen LogP contribution in [0.1, 0.15) is 37.2 Å². The molecule has 2 unspecified atom stereocenters. The Morgan fingerprint density at radius 1 is 1.30 bits per heavy atom. The Bertz CT molecular complexity index is 602. The summed E-state index contributed by atoms with van der Waals surface area (Å²) >= 11 is 0. The van der Waals surface area contributed by atoms with E-state index in [0.717, 1.165) is 24.8 Å². The maximum absolute atomic E-state index is 12.5. The summed E-state index contributed by atoms with van der Waals surface area (Å²) < 4.78 is 0. The van der Waals surface area contributed by atoms with Crippen LogP contribution < -0.4 is 0 Å².